The Morgan fingerprint density at radius 2 is 1.56 bits per heavy atom. The first-order chi connectivity index (χ1) is 8.70. The Balaban J connectivity index is 3.20. The lowest BCUT2D eigenvalue weighted by Crippen LogP contribution is -2.02. The maximum Gasteiger partial charge on any atom is 0.317 e. The Morgan fingerprint density at radius 3 is 2.11 bits per heavy atom. The van der Waals surface area contributed by atoms with Gasteiger partial charge in [0, 0.05) is 11.7 Å². The first kappa shape index (κ1) is 17.8. The molecule has 0 saturated carbocycles. The Bertz CT molecular complexity index is 195. The second-order valence-electron chi connectivity index (χ2n) is 4.98. The molecule has 0 saturated heterocycles. The number of carbonyl (C=O) groups is 1. The smallest absolute Gasteiger partial charge is 0.317 e. The molecule has 0 fully saturated rings. The van der Waals surface area contributed by atoms with Crippen LogP contribution in [-0.4, -0.2) is 11.2 Å². The van der Waals surface area contributed by atoms with Crippen LogP contribution in [0, 0.1) is 0 Å². The summed E-state index contributed by atoms with van der Waals surface area (Å²) in [7, 11) is 0. The lowest BCUT2D eigenvalue weighted by molar-refractivity contribution is -0.132. The van der Waals surface area contributed by atoms with Gasteiger partial charge >= 0.3 is 5.97 Å². The van der Waals surface area contributed by atoms with Gasteiger partial charge in [-0.05, 0) is 6.42 Å². The number of carbonyl (C=O) groups excluding carboxylic acids is 1. The lowest BCUT2D eigenvalue weighted by atomic mass is 10.1. The Labute approximate surface area is 117 Å². The minimum atomic E-state index is -0.109. The molecule has 0 heterocycles. The predicted octanol–water partition coefficient (Wildman–Crippen LogP) is 5.51. The summed E-state index contributed by atoms with van der Waals surface area (Å²) >= 11 is 1.33. The van der Waals surface area contributed by atoms with Gasteiger partial charge in [-0.2, -0.15) is 0 Å². The van der Waals surface area contributed by atoms with E-state index in [-0.39, 0.29) is 5.97 Å². The van der Waals surface area contributed by atoms with Gasteiger partial charge in [0.15, 0.2) is 0 Å². The average Bonchev–Trinajstić information content (AvgIpc) is 2.39. The van der Waals surface area contributed by atoms with Gasteiger partial charge in [-0.25, -0.2) is 0 Å². The molecule has 1 unspecified atom stereocenters. The summed E-state index contributed by atoms with van der Waals surface area (Å²) in [5, 5.41) is 0.431. The molecule has 0 radical (unpaired) electrons. The first-order valence-electron chi connectivity index (χ1n) is 7.56. The van der Waals surface area contributed by atoms with E-state index < -0.39 is 0 Å². The monoisotopic (exact) mass is 274 g/mol. The maximum absolute atomic E-state index is 11.0. The van der Waals surface area contributed by atoms with Crippen molar-refractivity contribution in [2.75, 3.05) is 0 Å². The van der Waals surface area contributed by atoms with Gasteiger partial charge in [-0.1, -0.05) is 72.1 Å². The summed E-state index contributed by atoms with van der Waals surface area (Å²) in [6, 6.07) is 0. The predicted molar refractivity (Wildman–Crippen MR) is 80.7 cm³/mol. The van der Waals surface area contributed by atoms with Gasteiger partial charge in [0.1, 0.15) is 0 Å². The number of hydrogen-bond acceptors (Lipinski definition) is 3. The standard InChI is InChI=1S/C15H30O2S/c1-4-6-7-8-9-10-11-12-13-14(3)18-17-15(16)5-2/h14H,4-13H2,1-3H3. The third-order valence-corrected chi connectivity index (χ3v) is 3.90. The Hall–Kier alpha value is -0.180. The van der Waals surface area contributed by atoms with E-state index in [1.807, 2.05) is 6.92 Å². The van der Waals surface area contributed by atoms with Gasteiger partial charge in [-0.15, -0.1) is 0 Å². The molecule has 108 valence electrons. The van der Waals surface area contributed by atoms with Crippen LogP contribution in [0.1, 0.15) is 85.0 Å². The maximum atomic E-state index is 11.0. The van der Waals surface area contributed by atoms with Crippen LogP contribution >= 0.6 is 12.0 Å². The fourth-order valence-corrected chi connectivity index (χ4v) is 2.46. The molecule has 0 bridgehead atoms. The molecule has 3 heteroatoms. The van der Waals surface area contributed by atoms with Gasteiger partial charge in [-0.3, -0.25) is 4.79 Å². The van der Waals surface area contributed by atoms with E-state index in [1.54, 1.807) is 0 Å². The zero-order valence-corrected chi connectivity index (χ0v) is 13.2. The van der Waals surface area contributed by atoms with Crippen LogP contribution in [0.2, 0.25) is 0 Å². The van der Waals surface area contributed by atoms with Crippen LogP contribution in [-0.2, 0) is 8.98 Å². The van der Waals surface area contributed by atoms with E-state index in [9.17, 15) is 4.79 Å². The molecule has 0 aliphatic heterocycles. The molecule has 0 aromatic carbocycles. The van der Waals surface area contributed by atoms with Crippen LogP contribution in [0.4, 0.5) is 0 Å². The van der Waals surface area contributed by atoms with Crippen molar-refractivity contribution in [2.24, 2.45) is 0 Å². The number of rotatable bonds is 12. The van der Waals surface area contributed by atoms with E-state index in [0.717, 1.165) is 6.42 Å². The molecule has 0 amide bonds. The zero-order valence-electron chi connectivity index (χ0n) is 12.4. The highest BCUT2D eigenvalue weighted by Crippen LogP contribution is 2.19. The molecular formula is C15H30O2S. The molecule has 2 nitrogen and oxygen atoms in total. The van der Waals surface area contributed by atoms with Gasteiger partial charge in [0.2, 0.25) is 0 Å². The summed E-state index contributed by atoms with van der Waals surface area (Å²) < 4.78 is 5.05. The van der Waals surface area contributed by atoms with Crippen molar-refractivity contribution >= 4 is 18.0 Å². The Kier molecular flexibility index (Phi) is 13.1. The topological polar surface area (TPSA) is 26.3 Å². The van der Waals surface area contributed by atoms with E-state index >= 15 is 0 Å². The van der Waals surface area contributed by atoms with Crippen molar-refractivity contribution in [2.45, 2.75) is 90.2 Å². The molecule has 1 atom stereocenters. The minimum absolute atomic E-state index is 0.109. The fraction of sp³-hybridized carbons (Fsp3) is 0.933. The van der Waals surface area contributed by atoms with Crippen LogP contribution in [0.25, 0.3) is 0 Å². The normalized spacial score (nSPS) is 12.4. The molecule has 0 aromatic rings. The molecular weight excluding hydrogens is 244 g/mol. The minimum Gasteiger partial charge on any atom is -0.391 e. The van der Waals surface area contributed by atoms with Crippen molar-refractivity contribution in [3.8, 4) is 0 Å². The number of hydrogen-bond donors (Lipinski definition) is 0. The largest absolute Gasteiger partial charge is 0.391 e. The van der Waals surface area contributed by atoms with E-state index in [4.69, 9.17) is 4.18 Å². The van der Waals surface area contributed by atoms with Gasteiger partial charge in [0.05, 0.1) is 12.0 Å². The second-order valence-corrected chi connectivity index (χ2v) is 6.14. The van der Waals surface area contributed by atoms with Crippen LogP contribution in [0.3, 0.4) is 0 Å². The van der Waals surface area contributed by atoms with Crippen LogP contribution < -0.4 is 0 Å². The van der Waals surface area contributed by atoms with Crippen molar-refractivity contribution in [3.63, 3.8) is 0 Å². The molecule has 0 rings (SSSR count). The summed E-state index contributed by atoms with van der Waals surface area (Å²) in [5.41, 5.74) is 0. The first-order valence-corrected chi connectivity index (χ1v) is 8.37. The molecule has 0 aliphatic carbocycles. The van der Waals surface area contributed by atoms with Crippen molar-refractivity contribution in [1.82, 2.24) is 0 Å². The third kappa shape index (κ3) is 12.3. The van der Waals surface area contributed by atoms with E-state index in [2.05, 4.69) is 13.8 Å². The fourth-order valence-electron chi connectivity index (χ4n) is 1.81. The van der Waals surface area contributed by atoms with Crippen LogP contribution in [0.5, 0.6) is 0 Å². The summed E-state index contributed by atoms with van der Waals surface area (Å²) in [6.07, 6.45) is 12.4. The second kappa shape index (κ2) is 13.3. The summed E-state index contributed by atoms with van der Waals surface area (Å²) in [4.78, 5) is 11.0. The number of unbranched alkanes of at least 4 members (excludes halogenated alkanes) is 7. The highest BCUT2D eigenvalue weighted by molar-refractivity contribution is 7.95. The molecule has 0 spiro atoms. The zero-order chi connectivity index (χ0) is 13.6. The van der Waals surface area contributed by atoms with E-state index in [0.29, 0.717) is 11.7 Å². The van der Waals surface area contributed by atoms with E-state index in [1.165, 1.54) is 63.4 Å². The molecule has 0 N–H and O–H groups in total. The average molecular weight is 274 g/mol. The molecule has 18 heavy (non-hydrogen) atoms. The lowest BCUT2D eigenvalue weighted by Gasteiger charge is -2.09. The molecule has 0 aliphatic rings. The van der Waals surface area contributed by atoms with Crippen molar-refractivity contribution in [1.29, 1.82) is 0 Å². The van der Waals surface area contributed by atoms with Gasteiger partial charge in [0.25, 0.3) is 0 Å². The van der Waals surface area contributed by atoms with Gasteiger partial charge < -0.3 is 4.18 Å². The summed E-state index contributed by atoms with van der Waals surface area (Å²) in [5.74, 6) is -0.109. The Morgan fingerprint density at radius 1 is 1.00 bits per heavy atom. The van der Waals surface area contributed by atoms with Crippen molar-refractivity contribution < 1.29 is 8.98 Å². The highest BCUT2D eigenvalue weighted by atomic mass is 32.2. The summed E-state index contributed by atoms with van der Waals surface area (Å²) in [6.45, 7) is 6.21. The highest BCUT2D eigenvalue weighted by Gasteiger charge is 2.07. The molecule has 0 aromatic heterocycles. The van der Waals surface area contributed by atoms with Crippen LogP contribution in [0.15, 0.2) is 0 Å². The SMILES string of the molecule is CCCCCCCCCCC(C)SOC(=O)CC. The third-order valence-electron chi connectivity index (χ3n) is 3.06. The van der Waals surface area contributed by atoms with Crippen molar-refractivity contribution in [3.05, 3.63) is 0 Å². The quantitative estimate of drug-likeness (QED) is 0.347.